The van der Waals surface area contributed by atoms with Crippen LogP contribution in [0.1, 0.15) is 12.8 Å². The van der Waals surface area contributed by atoms with Crippen molar-refractivity contribution in [3.05, 3.63) is 24.3 Å². The first kappa shape index (κ1) is 13.9. The zero-order valence-corrected chi connectivity index (χ0v) is 12.0. The SMILES string of the molecule is CN1CCC(C(=O)Nc2ccc(N(C)C)cc2)CC1. The molecule has 1 aliphatic heterocycles. The van der Waals surface area contributed by atoms with Crippen LogP contribution in [0.2, 0.25) is 0 Å². The Bertz CT molecular complexity index is 420. The van der Waals surface area contributed by atoms with Gasteiger partial charge in [-0.15, -0.1) is 0 Å². The number of nitrogens with zero attached hydrogens (tertiary/aromatic N) is 2. The van der Waals surface area contributed by atoms with Gasteiger partial charge in [0.25, 0.3) is 0 Å². The molecule has 0 spiro atoms. The summed E-state index contributed by atoms with van der Waals surface area (Å²) in [5.41, 5.74) is 2.02. The van der Waals surface area contributed by atoms with E-state index < -0.39 is 0 Å². The summed E-state index contributed by atoms with van der Waals surface area (Å²) in [5.74, 6) is 0.315. The van der Waals surface area contributed by atoms with E-state index in [0.29, 0.717) is 0 Å². The van der Waals surface area contributed by atoms with E-state index in [0.717, 1.165) is 37.3 Å². The number of hydrogen-bond donors (Lipinski definition) is 1. The Hall–Kier alpha value is -1.55. The zero-order valence-electron chi connectivity index (χ0n) is 12.0. The lowest BCUT2D eigenvalue weighted by atomic mass is 9.96. The molecule has 1 amide bonds. The molecule has 1 aromatic carbocycles. The Balaban J connectivity index is 1.91. The van der Waals surface area contributed by atoms with Crippen LogP contribution >= 0.6 is 0 Å². The van der Waals surface area contributed by atoms with Gasteiger partial charge in [-0.05, 0) is 57.2 Å². The molecule has 1 fully saturated rings. The first-order valence-electron chi connectivity index (χ1n) is 6.83. The summed E-state index contributed by atoms with van der Waals surface area (Å²) in [5, 5.41) is 3.02. The van der Waals surface area contributed by atoms with Crippen molar-refractivity contribution in [2.75, 3.05) is 44.4 Å². The summed E-state index contributed by atoms with van der Waals surface area (Å²) < 4.78 is 0. The summed E-state index contributed by atoms with van der Waals surface area (Å²) in [7, 11) is 6.12. The molecule has 1 saturated heterocycles. The second kappa shape index (κ2) is 6.06. The van der Waals surface area contributed by atoms with Gasteiger partial charge < -0.3 is 15.1 Å². The molecule has 0 saturated carbocycles. The van der Waals surface area contributed by atoms with Crippen molar-refractivity contribution < 1.29 is 4.79 Å². The van der Waals surface area contributed by atoms with Crippen LogP contribution in [0.25, 0.3) is 0 Å². The van der Waals surface area contributed by atoms with Gasteiger partial charge >= 0.3 is 0 Å². The van der Waals surface area contributed by atoms with Gasteiger partial charge in [-0.1, -0.05) is 0 Å². The average Bonchev–Trinajstić information content (AvgIpc) is 2.40. The van der Waals surface area contributed by atoms with E-state index >= 15 is 0 Å². The molecule has 19 heavy (non-hydrogen) atoms. The molecular weight excluding hydrogens is 238 g/mol. The first-order chi connectivity index (χ1) is 9.06. The minimum Gasteiger partial charge on any atom is -0.378 e. The van der Waals surface area contributed by atoms with Gasteiger partial charge in [0.15, 0.2) is 0 Å². The Labute approximate surface area is 115 Å². The zero-order chi connectivity index (χ0) is 13.8. The normalized spacial score (nSPS) is 17.2. The predicted octanol–water partition coefficient (Wildman–Crippen LogP) is 2.03. The highest BCUT2D eigenvalue weighted by Crippen LogP contribution is 2.20. The third-order valence-electron chi connectivity index (χ3n) is 3.74. The number of piperidine rings is 1. The van der Waals surface area contributed by atoms with Crippen molar-refractivity contribution in [2.24, 2.45) is 5.92 Å². The van der Waals surface area contributed by atoms with E-state index in [1.807, 2.05) is 43.3 Å². The molecule has 104 valence electrons. The standard InChI is InChI=1S/C15H23N3O/c1-17(2)14-6-4-13(5-7-14)16-15(19)12-8-10-18(3)11-9-12/h4-7,12H,8-11H2,1-3H3,(H,16,19). The van der Waals surface area contributed by atoms with Gasteiger partial charge in [-0.3, -0.25) is 4.79 Å². The second-order valence-electron chi connectivity index (χ2n) is 5.51. The van der Waals surface area contributed by atoms with Gasteiger partial charge in [0.1, 0.15) is 0 Å². The molecule has 0 aromatic heterocycles. The predicted molar refractivity (Wildman–Crippen MR) is 79.6 cm³/mol. The molecule has 0 radical (unpaired) electrons. The number of carbonyl (C=O) groups excluding carboxylic acids is 1. The third-order valence-corrected chi connectivity index (χ3v) is 3.74. The summed E-state index contributed by atoms with van der Waals surface area (Å²) in [6.45, 7) is 2.02. The van der Waals surface area contributed by atoms with Crippen LogP contribution < -0.4 is 10.2 Å². The van der Waals surface area contributed by atoms with Crippen molar-refractivity contribution in [1.29, 1.82) is 0 Å². The molecule has 0 atom stereocenters. The summed E-state index contributed by atoms with van der Waals surface area (Å²) in [6, 6.07) is 7.96. The van der Waals surface area contributed by atoms with Crippen molar-refractivity contribution >= 4 is 17.3 Å². The van der Waals surface area contributed by atoms with Crippen molar-refractivity contribution in [3.8, 4) is 0 Å². The Morgan fingerprint density at radius 2 is 1.79 bits per heavy atom. The van der Waals surface area contributed by atoms with Crippen LogP contribution in [0.3, 0.4) is 0 Å². The number of likely N-dealkylation sites (tertiary alicyclic amines) is 1. The summed E-state index contributed by atoms with van der Waals surface area (Å²) in [6.07, 6.45) is 1.91. The van der Waals surface area contributed by atoms with E-state index in [-0.39, 0.29) is 11.8 Å². The third kappa shape index (κ3) is 3.70. The number of anilines is 2. The lowest BCUT2D eigenvalue weighted by Crippen LogP contribution is -2.35. The monoisotopic (exact) mass is 261 g/mol. The summed E-state index contributed by atoms with van der Waals surface area (Å²) in [4.78, 5) is 16.5. The molecule has 0 unspecified atom stereocenters. The number of rotatable bonds is 3. The highest BCUT2D eigenvalue weighted by Gasteiger charge is 2.23. The molecule has 1 heterocycles. The lowest BCUT2D eigenvalue weighted by Gasteiger charge is -2.28. The maximum atomic E-state index is 12.2. The van der Waals surface area contributed by atoms with E-state index in [4.69, 9.17) is 0 Å². The fourth-order valence-corrected chi connectivity index (χ4v) is 2.36. The molecule has 1 N–H and O–H groups in total. The Morgan fingerprint density at radius 3 is 2.32 bits per heavy atom. The van der Waals surface area contributed by atoms with Crippen LogP contribution in [0.5, 0.6) is 0 Å². The van der Waals surface area contributed by atoms with Crippen LogP contribution in [0.4, 0.5) is 11.4 Å². The fraction of sp³-hybridized carbons (Fsp3) is 0.533. The second-order valence-corrected chi connectivity index (χ2v) is 5.51. The summed E-state index contributed by atoms with van der Waals surface area (Å²) >= 11 is 0. The Kier molecular flexibility index (Phi) is 4.43. The molecule has 1 aliphatic rings. The molecule has 2 rings (SSSR count). The number of carbonyl (C=O) groups is 1. The highest BCUT2D eigenvalue weighted by atomic mass is 16.1. The largest absolute Gasteiger partial charge is 0.378 e. The molecule has 1 aromatic rings. The van der Waals surface area contributed by atoms with E-state index in [9.17, 15) is 4.79 Å². The van der Waals surface area contributed by atoms with Crippen LogP contribution in [0.15, 0.2) is 24.3 Å². The Morgan fingerprint density at radius 1 is 1.21 bits per heavy atom. The van der Waals surface area contributed by atoms with Crippen molar-refractivity contribution in [1.82, 2.24) is 4.90 Å². The molecule has 0 aliphatic carbocycles. The number of amides is 1. The van der Waals surface area contributed by atoms with Gasteiger partial charge in [0, 0.05) is 31.4 Å². The van der Waals surface area contributed by atoms with Crippen LogP contribution in [-0.4, -0.2) is 45.0 Å². The number of hydrogen-bond acceptors (Lipinski definition) is 3. The maximum absolute atomic E-state index is 12.2. The first-order valence-corrected chi connectivity index (χ1v) is 6.83. The van der Waals surface area contributed by atoms with Gasteiger partial charge in [-0.2, -0.15) is 0 Å². The van der Waals surface area contributed by atoms with Crippen LogP contribution in [0, 0.1) is 5.92 Å². The van der Waals surface area contributed by atoms with E-state index in [1.54, 1.807) is 0 Å². The van der Waals surface area contributed by atoms with E-state index in [2.05, 4.69) is 17.3 Å². The molecule has 0 bridgehead atoms. The van der Waals surface area contributed by atoms with Gasteiger partial charge in [0.2, 0.25) is 5.91 Å². The van der Waals surface area contributed by atoms with E-state index in [1.165, 1.54) is 0 Å². The van der Waals surface area contributed by atoms with Gasteiger partial charge in [-0.25, -0.2) is 0 Å². The maximum Gasteiger partial charge on any atom is 0.227 e. The minimum atomic E-state index is 0.157. The van der Waals surface area contributed by atoms with Crippen molar-refractivity contribution in [2.45, 2.75) is 12.8 Å². The van der Waals surface area contributed by atoms with Crippen LogP contribution in [-0.2, 0) is 4.79 Å². The topological polar surface area (TPSA) is 35.6 Å². The highest BCUT2D eigenvalue weighted by molar-refractivity contribution is 5.92. The fourth-order valence-electron chi connectivity index (χ4n) is 2.36. The smallest absolute Gasteiger partial charge is 0.227 e. The molecular formula is C15H23N3O. The minimum absolute atomic E-state index is 0.157. The molecule has 4 nitrogen and oxygen atoms in total. The van der Waals surface area contributed by atoms with Crippen molar-refractivity contribution in [3.63, 3.8) is 0 Å². The number of nitrogens with one attached hydrogen (secondary N) is 1. The molecule has 4 heteroatoms. The number of benzene rings is 1. The quantitative estimate of drug-likeness (QED) is 0.904. The lowest BCUT2D eigenvalue weighted by molar-refractivity contribution is -0.121. The average molecular weight is 261 g/mol. The van der Waals surface area contributed by atoms with Gasteiger partial charge in [0.05, 0.1) is 0 Å².